The zero-order chi connectivity index (χ0) is 10.1. The molecule has 2 aromatic rings. The van der Waals surface area contributed by atoms with Crippen LogP contribution in [-0.4, -0.2) is 5.16 Å². The van der Waals surface area contributed by atoms with E-state index in [0.29, 0.717) is 26.3 Å². The molecule has 0 bridgehead atoms. The summed E-state index contributed by atoms with van der Waals surface area (Å²) >= 11 is 17.7. The minimum Gasteiger partial charge on any atom is -0.364 e. The van der Waals surface area contributed by atoms with Crippen LogP contribution in [0, 0.1) is 0 Å². The third kappa shape index (κ3) is 1.73. The molecule has 1 aromatic carbocycles. The molecule has 0 radical (unpaired) electrons. The summed E-state index contributed by atoms with van der Waals surface area (Å²) in [4.78, 5) is 0. The van der Waals surface area contributed by atoms with Crippen molar-refractivity contribution >= 4 is 34.8 Å². The SMILES string of the molecule is Clc1cc(Cl)c(-c2ccon2)c(Cl)c1. The highest BCUT2D eigenvalue weighted by molar-refractivity contribution is 6.41. The molecule has 0 aliphatic carbocycles. The van der Waals surface area contributed by atoms with Gasteiger partial charge in [-0.15, -0.1) is 0 Å². The Balaban J connectivity index is 2.64. The van der Waals surface area contributed by atoms with Crippen molar-refractivity contribution in [1.29, 1.82) is 0 Å². The van der Waals surface area contributed by atoms with Crippen LogP contribution in [0.5, 0.6) is 0 Å². The van der Waals surface area contributed by atoms with E-state index in [1.807, 2.05) is 0 Å². The van der Waals surface area contributed by atoms with Gasteiger partial charge >= 0.3 is 0 Å². The zero-order valence-corrected chi connectivity index (χ0v) is 9.07. The van der Waals surface area contributed by atoms with Gasteiger partial charge in [-0.2, -0.15) is 0 Å². The van der Waals surface area contributed by atoms with E-state index in [2.05, 4.69) is 5.16 Å². The first-order chi connectivity index (χ1) is 6.68. The molecule has 72 valence electrons. The standard InChI is InChI=1S/C9H4Cl3NO/c10-5-3-6(11)9(7(12)4-5)8-1-2-14-13-8/h1-4H. The molecule has 0 N–H and O–H groups in total. The molecule has 1 heterocycles. The number of halogens is 3. The van der Waals surface area contributed by atoms with E-state index in [0.717, 1.165) is 0 Å². The molecule has 0 unspecified atom stereocenters. The first kappa shape index (κ1) is 9.84. The molecule has 5 heteroatoms. The third-order valence-electron chi connectivity index (χ3n) is 1.70. The second kappa shape index (κ2) is 3.81. The summed E-state index contributed by atoms with van der Waals surface area (Å²) in [6, 6.07) is 4.90. The zero-order valence-electron chi connectivity index (χ0n) is 6.80. The molecular formula is C9H4Cl3NO. The Kier molecular flexibility index (Phi) is 2.68. The Bertz CT molecular complexity index is 430. The predicted octanol–water partition coefficient (Wildman–Crippen LogP) is 4.30. The largest absolute Gasteiger partial charge is 0.364 e. The average molecular weight is 248 g/mol. The normalized spacial score (nSPS) is 10.5. The van der Waals surface area contributed by atoms with Gasteiger partial charge < -0.3 is 4.52 Å². The van der Waals surface area contributed by atoms with Gasteiger partial charge in [0.15, 0.2) is 0 Å². The Morgan fingerprint density at radius 1 is 1.07 bits per heavy atom. The van der Waals surface area contributed by atoms with Crippen molar-refractivity contribution in [2.45, 2.75) is 0 Å². The number of nitrogens with zero attached hydrogens (tertiary/aromatic N) is 1. The van der Waals surface area contributed by atoms with Crippen LogP contribution in [0.15, 0.2) is 29.0 Å². The van der Waals surface area contributed by atoms with Crippen LogP contribution in [0.4, 0.5) is 0 Å². The van der Waals surface area contributed by atoms with Crippen LogP contribution in [0.1, 0.15) is 0 Å². The maximum absolute atomic E-state index is 5.98. The monoisotopic (exact) mass is 247 g/mol. The molecule has 0 amide bonds. The van der Waals surface area contributed by atoms with Crippen molar-refractivity contribution in [3.05, 3.63) is 39.5 Å². The lowest BCUT2D eigenvalue weighted by Crippen LogP contribution is -1.81. The van der Waals surface area contributed by atoms with Gasteiger partial charge in [-0.1, -0.05) is 40.0 Å². The fraction of sp³-hybridized carbons (Fsp3) is 0. The molecule has 0 fully saturated rings. The number of hydrogen-bond acceptors (Lipinski definition) is 2. The van der Waals surface area contributed by atoms with Crippen molar-refractivity contribution in [2.24, 2.45) is 0 Å². The smallest absolute Gasteiger partial charge is 0.124 e. The highest BCUT2D eigenvalue weighted by Crippen LogP contribution is 2.36. The summed E-state index contributed by atoms with van der Waals surface area (Å²) in [5, 5.41) is 5.15. The molecular weight excluding hydrogens is 244 g/mol. The number of rotatable bonds is 1. The van der Waals surface area contributed by atoms with E-state index in [1.165, 1.54) is 6.26 Å². The number of aromatic nitrogens is 1. The van der Waals surface area contributed by atoms with Gasteiger partial charge in [0.1, 0.15) is 12.0 Å². The molecule has 0 aliphatic rings. The molecule has 14 heavy (non-hydrogen) atoms. The van der Waals surface area contributed by atoms with Crippen LogP contribution in [0.25, 0.3) is 11.3 Å². The lowest BCUT2D eigenvalue weighted by molar-refractivity contribution is 0.422. The fourth-order valence-corrected chi connectivity index (χ4v) is 2.14. The van der Waals surface area contributed by atoms with Crippen molar-refractivity contribution in [3.8, 4) is 11.3 Å². The Hall–Kier alpha value is -0.700. The van der Waals surface area contributed by atoms with Gasteiger partial charge in [0.2, 0.25) is 0 Å². The van der Waals surface area contributed by atoms with Gasteiger partial charge in [-0.25, -0.2) is 0 Å². The second-order valence-electron chi connectivity index (χ2n) is 2.63. The van der Waals surface area contributed by atoms with Gasteiger partial charge in [0, 0.05) is 16.7 Å². The minimum absolute atomic E-state index is 0.455. The Labute approximate surface area is 95.4 Å². The first-order valence-electron chi connectivity index (χ1n) is 3.74. The average Bonchev–Trinajstić information content (AvgIpc) is 2.54. The summed E-state index contributed by atoms with van der Waals surface area (Å²) < 4.78 is 4.71. The quantitative estimate of drug-likeness (QED) is 0.752. The molecule has 2 nitrogen and oxygen atoms in total. The molecule has 2 rings (SSSR count). The third-order valence-corrected chi connectivity index (χ3v) is 2.52. The summed E-state index contributed by atoms with van der Waals surface area (Å²) in [7, 11) is 0. The molecule has 0 saturated heterocycles. The van der Waals surface area contributed by atoms with Crippen LogP contribution >= 0.6 is 34.8 Å². The highest BCUT2D eigenvalue weighted by atomic mass is 35.5. The van der Waals surface area contributed by atoms with Gasteiger partial charge in [-0.3, -0.25) is 0 Å². The van der Waals surface area contributed by atoms with Crippen molar-refractivity contribution in [2.75, 3.05) is 0 Å². The summed E-state index contributed by atoms with van der Waals surface area (Å²) in [5.41, 5.74) is 1.23. The van der Waals surface area contributed by atoms with Crippen molar-refractivity contribution in [1.82, 2.24) is 5.16 Å². The second-order valence-corrected chi connectivity index (χ2v) is 3.88. The fourth-order valence-electron chi connectivity index (χ4n) is 1.13. The summed E-state index contributed by atoms with van der Waals surface area (Å²) in [6.45, 7) is 0. The molecule has 0 saturated carbocycles. The highest BCUT2D eigenvalue weighted by Gasteiger charge is 2.12. The van der Waals surface area contributed by atoms with Crippen LogP contribution < -0.4 is 0 Å². The lowest BCUT2D eigenvalue weighted by Gasteiger charge is -2.03. The summed E-state index contributed by atoms with van der Waals surface area (Å²) in [5.74, 6) is 0. The van der Waals surface area contributed by atoms with E-state index in [9.17, 15) is 0 Å². The van der Waals surface area contributed by atoms with Crippen molar-refractivity contribution in [3.63, 3.8) is 0 Å². The Morgan fingerprint density at radius 2 is 1.71 bits per heavy atom. The maximum Gasteiger partial charge on any atom is 0.124 e. The maximum atomic E-state index is 5.98. The van der Waals surface area contributed by atoms with E-state index in [-0.39, 0.29) is 0 Å². The predicted molar refractivity (Wildman–Crippen MR) is 57.0 cm³/mol. The van der Waals surface area contributed by atoms with Gasteiger partial charge in [-0.05, 0) is 12.1 Å². The molecule has 0 aliphatic heterocycles. The number of hydrogen-bond donors (Lipinski definition) is 0. The molecule has 1 aromatic heterocycles. The molecule has 0 atom stereocenters. The van der Waals surface area contributed by atoms with E-state index >= 15 is 0 Å². The summed E-state index contributed by atoms with van der Waals surface area (Å²) in [6.07, 6.45) is 1.45. The topological polar surface area (TPSA) is 26.0 Å². The van der Waals surface area contributed by atoms with Crippen LogP contribution in [-0.2, 0) is 0 Å². The van der Waals surface area contributed by atoms with Crippen LogP contribution in [0.3, 0.4) is 0 Å². The van der Waals surface area contributed by atoms with Crippen molar-refractivity contribution < 1.29 is 4.52 Å². The van der Waals surface area contributed by atoms with E-state index in [4.69, 9.17) is 39.3 Å². The molecule has 0 spiro atoms. The lowest BCUT2D eigenvalue weighted by atomic mass is 10.1. The number of benzene rings is 1. The van der Waals surface area contributed by atoms with E-state index < -0.39 is 0 Å². The Morgan fingerprint density at radius 3 is 2.21 bits per heavy atom. The van der Waals surface area contributed by atoms with Gasteiger partial charge in [0.05, 0.1) is 10.0 Å². The van der Waals surface area contributed by atoms with E-state index in [1.54, 1.807) is 18.2 Å². The van der Waals surface area contributed by atoms with Gasteiger partial charge in [0.25, 0.3) is 0 Å². The minimum atomic E-state index is 0.455. The van der Waals surface area contributed by atoms with Crippen LogP contribution in [0.2, 0.25) is 15.1 Å². The first-order valence-corrected chi connectivity index (χ1v) is 4.87.